The average molecular weight is 380 g/mol. The molecule has 1 aliphatic rings. The lowest BCUT2D eigenvalue weighted by Crippen LogP contribution is -2.43. The highest BCUT2D eigenvalue weighted by Gasteiger charge is 2.31. The van der Waals surface area contributed by atoms with Crippen LogP contribution in [0, 0.1) is 0 Å². The molecule has 2 aromatic rings. The number of rotatable bonds is 4. The fourth-order valence-electron chi connectivity index (χ4n) is 2.64. The van der Waals surface area contributed by atoms with Crippen LogP contribution in [0.4, 0.5) is 0 Å². The van der Waals surface area contributed by atoms with Crippen LogP contribution in [-0.4, -0.2) is 23.9 Å². The summed E-state index contributed by atoms with van der Waals surface area (Å²) in [6, 6.07) is 12.3. The summed E-state index contributed by atoms with van der Waals surface area (Å²) in [4.78, 5) is 15.5. The molecule has 1 fully saturated rings. The minimum atomic E-state index is -0.182. The van der Waals surface area contributed by atoms with Gasteiger partial charge in [-0.25, -0.2) is 10.9 Å². The zero-order chi connectivity index (χ0) is 15.5. The lowest BCUT2D eigenvalue weighted by molar-refractivity contribution is -0.132. The van der Waals surface area contributed by atoms with Gasteiger partial charge in [0, 0.05) is 27.8 Å². The summed E-state index contributed by atoms with van der Waals surface area (Å²) in [7, 11) is 1.85. The van der Waals surface area contributed by atoms with Gasteiger partial charge in [-0.3, -0.25) is 4.79 Å². The molecule has 1 aliphatic heterocycles. The number of amides is 1. The van der Waals surface area contributed by atoms with Crippen molar-refractivity contribution in [1.29, 1.82) is 0 Å². The van der Waals surface area contributed by atoms with Gasteiger partial charge in [0.25, 0.3) is 0 Å². The molecular weight excluding hydrogens is 362 g/mol. The standard InChI is InChI=1S/C16H18BrN3OS/c1-20(9-13-7-12(17)10-22-13)16(21)15-8-14(18-19-15)11-5-3-2-4-6-11/h2-7,10,14-15,18-19H,8-9H2,1H3. The van der Waals surface area contributed by atoms with Gasteiger partial charge in [-0.1, -0.05) is 30.3 Å². The van der Waals surface area contributed by atoms with Gasteiger partial charge >= 0.3 is 0 Å². The van der Waals surface area contributed by atoms with Crippen LogP contribution in [0.25, 0.3) is 0 Å². The zero-order valence-electron chi connectivity index (χ0n) is 12.3. The van der Waals surface area contributed by atoms with Gasteiger partial charge in [0.05, 0.1) is 6.54 Å². The first-order valence-corrected chi connectivity index (χ1v) is 8.84. The normalized spacial score (nSPS) is 21.0. The molecule has 1 aromatic heterocycles. The smallest absolute Gasteiger partial charge is 0.241 e. The first-order valence-electron chi connectivity index (χ1n) is 7.17. The molecule has 0 aliphatic carbocycles. The number of hydrazine groups is 1. The van der Waals surface area contributed by atoms with E-state index in [1.54, 1.807) is 16.2 Å². The molecular formula is C16H18BrN3OS. The van der Waals surface area contributed by atoms with Crippen molar-refractivity contribution in [3.63, 3.8) is 0 Å². The summed E-state index contributed by atoms with van der Waals surface area (Å²) >= 11 is 5.10. The van der Waals surface area contributed by atoms with Gasteiger partial charge < -0.3 is 4.90 Å². The predicted molar refractivity (Wildman–Crippen MR) is 92.4 cm³/mol. The molecule has 1 amide bonds. The number of hydrogen-bond acceptors (Lipinski definition) is 4. The maximum atomic E-state index is 12.5. The molecule has 0 spiro atoms. The second-order valence-corrected chi connectivity index (χ2v) is 7.38. The minimum Gasteiger partial charge on any atom is -0.339 e. The van der Waals surface area contributed by atoms with Gasteiger partial charge in [0.15, 0.2) is 0 Å². The number of likely N-dealkylation sites (N-methyl/N-ethyl adjacent to an activating group) is 1. The number of carbonyl (C=O) groups is 1. The molecule has 22 heavy (non-hydrogen) atoms. The van der Waals surface area contributed by atoms with E-state index in [2.05, 4.69) is 45.0 Å². The number of benzene rings is 1. The van der Waals surface area contributed by atoms with Crippen LogP contribution >= 0.6 is 27.3 Å². The number of nitrogens with one attached hydrogen (secondary N) is 2. The SMILES string of the molecule is CN(Cc1cc(Br)cs1)C(=O)C1CC(c2ccccc2)NN1. The molecule has 3 rings (SSSR count). The highest BCUT2D eigenvalue weighted by molar-refractivity contribution is 9.10. The van der Waals surface area contributed by atoms with Crippen LogP contribution in [0.2, 0.25) is 0 Å². The first kappa shape index (κ1) is 15.7. The Morgan fingerprint density at radius 3 is 2.82 bits per heavy atom. The lowest BCUT2D eigenvalue weighted by atomic mass is 10.0. The molecule has 2 N–H and O–H groups in total. The number of carbonyl (C=O) groups excluding carboxylic acids is 1. The van der Waals surface area contributed by atoms with E-state index >= 15 is 0 Å². The van der Waals surface area contributed by atoms with E-state index in [1.165, 1.54) is 10.4 Å². The van der Waals surface area contributed by atoms with Crippen LogP contribution in [0.15, 0.2) is 46.3 Å². The number of nitrogens with zero attached hydrogens (tertiary/aromatic N) is 1. The zero-order valence-corrected chi connectivity index (χ0v) is 14.7. The first-order chi connectivity index (χ1) is 10.6. The van der Waals surface area contributed by atoms with Crippen molar-refractivity contribution in [2.75, 3.05) is 7.05 Å². The Kier molecular flexibility index (Phi) is 4.93. The third kappa shape index (κ3) is 3.57. The highest BCUT2D eigenvalue weighted by Crippen LogP contribution is 2.24. The third-order valence-corrected chi connectivity index (χ3v) is 5.48. The molecule has 2 heterocycles. The van der Waals surface area contributed by atoms with E-state index in [0.717, 1.165) is 10.9 Å². The van der Waals surface area contributed by atoms with Crippen molar-refractivity contribution in [1.82, 2.24) is 15.8 Å². The second-order valence-electron chi connectivity index (χ2n) is 5.47. The van der Waals surface area contributed by atoms with Crippen molar-refractivity contribution in [3.8, 4) is 0 Å². The Labute approximate surface area is 142 Å². The summed E-state index contributed by atoms with van der Waals surface area (Å²) in [5.74, 6) is 0.121. The maximum absolute atomic E-state index is 12.5. The molecule has 1 saturated heterocycles. The van der Waals surface area contributed by atoms with Crippen LogP contribution < -0.4 is 10.9 Å². The molecule has 0 saturated carbocycles. The quantitative estimate of drug-likeness (QED) is 0.857. The van der Waals surface area contributed by atoms with Crippen LogP contribution in [0.3, 0.4) is 0 Å². The van der Waals surface area contributed by atoms with E-state index < -0.39 is 0 Å². The van der Waals surface area contributed by atoms with Crippen molar-refractivity contribution in [2.24, 2.45) is 0 Å². The Morgan fingerprint density at radius 1 is 1.36 bits per heavy atom. The lowest BCUT2D eigenvalue weighted by Gasteiger charge is -2.20. The Hall–Kier alpha value is -1.21. The van der Waals surface area contributed by atoms with E-state index in [9.17, 15) is 4.79 Å². The average Bonchev–Trinajstić information content (AvgIpc) is 3.17. The molecule has 1 aromatic carbocycles. The van der Waals surface area contributed by atoms with Crippen molar-refractivity contribution < 1.29 is 4.79 Å². The van der Waals surface area contributed by atoms with E-state index in [1.807, 2.05) is 30.6 Å². The Balaban J connectivity index is 1.59. The molecule has 0 bridgehead atoms. The predicted octanol–water partition coefficient (Wildman–Crippen LogP) is 3.08. The highest BCUT2D eigenvalue weighted by atomic mass is 79.9. The van der Waals surface area contributed by atoms with Crippen LogP contribution in [-0.2, 0) is 11.3 Å². The Bertz CT molecular complexity index is 646. The molecule has 0 radical (unpaired) electrons. The van der Waals surface area contributed by atoms with Gasteiger partial charge in [-0.15, -0.1) is 11.3 Å². The van der Waals surface area contributed by atoms with E-state index in [-0.39, 0.29) is 18.0 Å². The topological polar surface area (TPSA) is 44.4 Å². The summed E-state index contributed by atoms with van der Waals surface area (Å²) in [6.07, 6.45) is 0.765. The number of hydrogen-bond donors (Lipinski definition) is 2. The second kappa shape index (κ2) is 6.91. The third-order valence-electron chi connectivity index (χ3n) is 3.79. The summed E-state index contributed by atoms with van der Waals surface area (Å²) in [5.41, 5.74) is 7.56. The molecule has 2 atom stereocenters. The van der Waals surface area contributed by atoms with Crippen molar-refractivity contribution in [3.05, 3.63) is 56.7 Å². The minimum absolute atomic E-state index is 0.121. The van der Waals surface area contributed by atoms with Gasteiger partial charge in [0.1, 0.15) is 6.04 Å². The molecule has 6 heteroatoms. The van der Waals surface area contributed by atoms with Gasteiger partial charge in [-0.05, 0) is 34.0 Å². The Morgan fingerprint density at radius 2 is 2.14 bits per heavy atom. The van der Waals surface area contributed by atoms with E-state index in [0.29, 0.717) is 6.54 Å². The number of thiophene rings is 1. The summed E-state index contributed by atoms with van der Waals surface area (Å²) in [5, 5.41) is 2.04. The largest absolute Gasteiger partial charge is 0.339 e. The molecule has 116 valence electrons. The summed E-state index contributed by atoms with van der Waals surface area (Å²) in [6.45, 7) is 0.642. The van der Waals surface area contributed by atoms with Crippen LogP contribution in [0.1, 0.15) is 22.9 Å². The number of halogens is 1. The fourth-order valence-corrected chi connectivity index (χ4v) is 4.14. The monoisotopic (exact) mass is 379 g/mol. The molecule has 2 unspecified atom stereocenters. The van der Waals surface area contributed by atoms with Crippen LogP contribution in [0.5, 0.6) is 0 Å². The van der Waals surface area contributed by atoms with Gasteiger partial charge in [-0.2, -0.15) is 0 Å². The fraction of sp³-hybridized carbons (Fsp3) is 0.312. The molecule has 4 nitrogen and oxygen atoms in total. The van der Waals surface area contributed by atoms with Crippen molar-refractivity contribution in [2.45, 2.75) is 25.0 Å². The van der Waals surface area contributed by atoms with E-state index in [4.69, 9.17) is 0 Å². The maximum Gasteiger partial charge on any atom is 0.241 e. The summed E-state index contributed by atoms with van der Waals surface area (Å²) < 4.78 is 1.07. The van der Waals surface area contributed by atoms with Gasteiger partial charge in [0.2, 0.25) is 5.91 Å². The van der Waals surface area contributed by atoms with Crippen molar-refractivity contribution >= 4 is 33.2 Å².